The molecular formula is C23H23N5OS. The normalized spacial score (nSPS) is 12.1. The van der Waals surface area contributed by atoms with Crippen molar-refractivity contribution in [1.82, 2.24) is 25.1 Å². The maximum Gasteiger partial charge on any atom is 0.230 e. The Morgan fingerprint density at radius 3 is 2.63 bits per heavy atom. The first-order valence-electron chi connectivity index (χ1n) is 9.90. The molecule has 2 aromatic carbocycles. The summed E-state index contributed by atoms with van der Waals surface area (Å²) in [6.07, 6.45) is 3.47. The number of rotatable bonds is 7. The topological polar surface area (TPSA) is 72.7 Å². The molecule has 0 fully saturated rings. The van der Waals surface area contributed by atoms with Crippen LogP contribution < -0.4 is 5.32 Å². The first kappa shape index (κ1) is 20.1. The lowest BCUT2D eigenvalue weighted by molar-refractivity contribution is -0.119. The van der Waals surface area contributed by atoms with Gasteiger partial charge < -0.3 is 9.88 Å². The molecular weight excluding hydrogens is 394 g/mol. The summed E-state index contributed by atoms with van der Waals surface area (Å²) in [4.78, 5) is 16.7. The lowest BCUT2D eigenvalue weighted by atomic mass is 10.00. The molecule has 30 heavy (non-hydrogen) atoms. The van der Waals surface area contributed by atoms with Crippen molar-refractivity contribution in [1.29, 1.82) is 0 Å². The van der Waals surface area contributed by atoms with Crippen LogP contribution in [0, 0.1) is 0 Å². The Bertz CT molecular complexity index is 1150. The summed E-state index contributed by atoms with van der Waals surface area (Å²) < 4.78 is 2.02. The highest BCUT2D eigenvalue weighted by atomic mass is 32.2. The number of aromatic nitrogens is 4. The standard InChI is InChI=1S/C23H23N5OS/c1-3-28-22(18-11-13-24-14-12-18)26-27-23(28)30-15-21(29)25-16(2)19-10-6-8-17-7-4-5-9-20(17)19/h4-14,16H,3,15H2,1-2H3,(H,25,29)/t16-/m1/s1. The molecule has 152 valence electrons. The minimum absolute atomic E-state index is 0.0310. The highest BCUT2D eigenvalue weighted by molar-refractivity contribution is 7.99. The predicted octanol–water partition coefficient (Wildman–Crippen LogP) is 4.48. The number of hydrogen-bond acceptors (Lipinski definition) is 5. The fourth-order valence-electron chi connectivity index (χ4n) is 3.51. The van der Waals surface area contributed by atoms with Gasteiger partial charge in [0.2, 0.25) is 5.91 Å². The number of hydrogen-bond donors (Lipinski definition) is 1. The number of pyridine rings is 1. The van der Waals surface area contributed by atoms with Crippen LogP contribution in [0.25, 0.3) is 22.2 Å². The van der Waals surface area contributed by atoms with Gasteiger partial charge in [-0.1, -0.05) is 54.2 Å². The van der Waals surface area contributed by atoms with Crippen LogP contribution in [0.4, 0.5) is 0 Å². The van der Waals surface area contributed by atoms with E-state index in [1.54, 1.807) is 12.4 Å². The van der Waals surface area contributed by atoms with Gasteiger partial charge in [0, 0.05) is 24.5 Å². The molecule has 0 aliphatic rings. The van der Waals surface area contributed by atoms with Gasteiger partial charge in [-0.05, 0) is 42.3 Å². The second-order valence-corrected chi connectivity index (χ2v) is 7.88. The molecule has 0 saturated carbocycles. The van der Waals surface area contributed by atoms with Crippen molar-refractivity contribution in [2.24, 2.45) is 0 Å². The molecule has 0 unspecified atom stereocenters. The van der Waals surface area contributed by atoms with E-state index in [1.165, 1.54) is 17.1 Å². The Morgan fingerprint density at radius 1 is 1.07 bits per heavy atom. The summed E-state index contributed by atoms with van der Waals surface area (Å²) in [5, 5.41) is 14.8. The molecule has 0 aliphatic heterocycles. The zero-order valence-corrected chi connectivity index (χ0v) is 17.8. The quantitative estimate of drug-likeness (QED) is 0.449. The molecule has 7 heteroatoms. The Balaban J connectivity index is 1.43. The molecule has 2 heterocycles. The third-order valence-corrected chi connectivity index (χ3v) is 5.94. The van der Waals surface area contributed by atoms with Crippen molar-refractivity contribution < 1.29 is 4.79 Å². The molecule has 4 rings (SSSR count). The molecule has 6 nitrogen and oxygen atoms in total. The van der Waals surface area contributed by atoms with Gasteiger partial charge in [0.05, 0.1) is 11.8 Å². The number of carbonyl (C=O) groups excluding carboxylic acids is 1. The number of nitrogens with zero attached hydrogens (tertiary/aromatic N) is 4. The SMILES string of the molecule is CCn1c(SCC(=O)N[C@H](C)c2cccc3ccccc23)nnc1-c1ccncc1. The van der Waals surface area contributed by atoms with E-state index in [4.69, 9.17) is 0 Å². The summed E-state index contributed by atoms with van der Waals surface area (Å²) in [7, 11) is 0. The Labute approximate surface area is 179 Å². The monoisotopic (exact) mass is 417 g/mol. The second kappa shape index (κ2) is 9.09. The number of carbonyl (C=O) groups is 1. The third kappa shape index (κ3) is 4.21. The van der Waals surface area contributed by atoms with Crippen LogP contribution in [-0.4, -0.2) is 31.4 Å². The van der Waals surface area contributed by atoms with Crippen molar-refractivity contribution in [2.75, 3.05) is 5.75 Å². The summed E-state index contributed by atoms with van der Waals surface area (Å²) in [5.41, 5.74) is 2.07. The Hall–Kier alpha value is -3.19. The van der Waals surface area contributed by atoms with Crippen molar-refractivity contribution in [3.05, 3.63) is 72.6 Å². The first-order valence-corrected chi connectivity index (χ1v) is 10.9. The smallest absolute Gasteiger partial charge is 0.230 e. The minimum Gasteiger partial charge on any atom is -0.349 e. The fourth-order valence-corrected chi connectivity index (χ4v) is 4.33. The van der Waals surface area contributed by atoms with Gasteiger partial charge in [-0.3, -0.25) is 9.78 Å². The average Bonchev–Trinajstić information content (AvgIpc) is 3.20. The molecule has 1 N–H and O–H groups in total. The average molecular weight is 418 g/mol. The van der Waals surface area contributed by atoms with E-state index in [0.29, 0.717) is 0 Å². The van der Waals surface area contributed by atoms with E-state index >= 15 is 0 Å². The number of thioether (sulfide) groups is 1. The highest BCUT2D eigenvalue weighted by Gasteiger charge is 2.16. The predicted molar refractivity (Wildman–Crippen MR) is 120 cm³/mol. The molecule has 0 bridgehead atoms. The van der Waals surface area contributed by atoms with E-state index in [-0.39, 0.29) is 17.7 Å². The molecule has 1 amide bonds. The van der Waals surface area contributed by atoms with Crippen LogP contribution in [0.2, 0.25) is 0 Å². The fraction of sp³-hybridized carbons (Fsp3) is 0.217. The van der Waals surface area contributed by atoms with Gasteiger partial charge >= 0.3 is 0 Å². The van der Waals surface area contributed by atoms with Crippen LogP contribution in [0.15, 0.2) is 72.1 Å². The minimum atomic E-state index is -0.0828. The number of nitrogens with one attached hydrogen (secondary N) is 1. The molecule has 0 saturated heterocycles. The van der Waals surface area contributed by atoms with Gasteiger partial charge in [-0.15, -0.1) is 10.2 Å². The van der Waals surface area contributed by atoms with Gasteiger partial charge in [0.1, 0.15) is 0 Å². The Morgan fingerprint density at radius 2 is 1.83 bits per heavy atom. The van der Waals surface area contributed by atoms with E-state index in [1.807, 2.05) is 48.7 Å². The van der Waals surface area contributed by atoms with E-state index < -0.39 is 0 Å². The summed E-state index contributed by atoms with van der Waals surface area (Å²) in [6, 6.07) is 18.1. The summed E-state index contributed by atoms with van der Waals surface area (Å²) in [5.74, 6) is 1.03. The molecule has 4 aromatic rings. The van der Waals surface area contributed by atoms with Crippen LogP contribution >= 0.6 is 11.8 Å². The van der Waals surface area contributed by atoms with E-state index in [0.717, 1.165) is 34.0 Å². The zero-order valence-electron chi connectivity index (χ0n) is 16.9. The molecule has 2 aromatic heterocycles. The second-order valence-electron chi connectivity index (χ2n) is 6.93. The van der Waals surface area contributed by atoms with Crippen molar-refractivity contribution in [3.8, 4) is 11.4 Å². The van der Waals surface area contributed by atoms with Crippen molar-refractivity contribution >= 4 is 28.4 Å². The van der Waals surface area contributed by atoms with E-state index in [2.05, 4.69) is 44.8 Å². The zero-order chi connectivity index (χ0) is 20.9. The number of benzene rings is 2. The summed E-state index contributed by atoms with van der Waals surface area (Å²) >= 11 is 1.40. The number of fused-ring (bicyclic) bond motifs is 1. The van der Waals surface area contributed by atoms with Crippen LogP contribution in [0.5, 0.6) is 0 Å². The van der Waals surface area contributed by atoms with E-state index in [9.17, 15) is 4.79 Å². The van der Waals surface area contributed by atoms with Crippen LogP contribution in [0.1, 0.15) is 25.5 Å². The maximum atomic E-state index is 12.6. The number of amides is 1. The molecule has 1 atom stereocenters. The van der Waals surface area contributed by atoms with Gasteiger partial charge in [-0.25, -0.2) is 0 Å². The van der Waals surface area contributed by atoms with Crippen molar-refractivity contribution in [3.63, 3.8) is 0 Å². The lowest BCUT2D eigenvalue weighted by Crippen LogP contribution is -2.28. The van der Waals surface area contributed by atoms with Crippen LogP contribution in [-0.2, 0) is 11.3 Å². The molecule has 0 radical (unpaired) electrons. The lowest BCUT2D eigenvalue weighted by Gasteiger charge is -2.16. The molecule has 0 aliphatic carbocycles. The van der Waals surface area contributed by atoms with Gasteiger partial charge in [-0.2, -0.15) is 0 Å². The maximum absolute atomic E-state index is 12.6. The van der Waals surface area contributed by atoms with Crippen molar-refractivity contribution in [2.45, 2.75) is 31.6 Å². The first-order chi connectivity index (χ1) is 14.7. The largest absolute Gasteiger partial charge is 0.349 e. The molecule has 0 spiro atoms. The van der Waals surface area contributed by atoms with Gasteiger partial charge in [0.15, 0.2) is 11.0 Å². The van der Waals surface area contributed by atoms with Crippen LogP contribution in [0.3, 0.4) is 0 Å². The third-order valence-electron chi connectivity index (χ3n) is 4.97. The van der Waals surface area contributed by atoms with Gasteiger partial charge in [0.25, 0.3) is 0 Å². The summed E-state index contributed by atoms with van der Waals surface area (Å²) in [6.45, 7) is 4.78. The highest BCUT2D eigenvalue weighted by Crippen LogP contribution is 2.25. The Kier molecular flexibility index (Phi) is 6.09.